The van der Waals surface area contributed by atoms with Gasteiger partial charge >= 0.3 is 0 Å². The molecule has 1 aromatic carbocycles. The molecule has 0 saturated heterocycles. The molecule has 7 heteroatoms. The van der Waals surface area contributed by atoms with Gasteiger partial charge in [0.05, 0.1) is 17.6 Å². The van der Waals surface area contributed by atoms with E-state index in [-0.39, 0.29) is 21.4 Å². The molecule has 2 rings (SSSR count). The summed E-state index contributed by atoms with van der Waals surface area (Å²) in [5.74, 6) is -0.253. The van der Waals surface area contributed by atoms with E-state index >= 15 is 0 Å². The summed E-state index contributed by atoms with van der Waals surface area (Å²) in [6.07, 6.45) is 1.23. The van der Waals surface area contributed by atoms with E-state index in [0.29, 0.717) is 5.69 Å². The number of hydrogen-bond donors (Lipinski definition) is 2. The summed E-state index contributed by atoms with van der Waals surface area (Å²) in [6.45, 7) is 0. The molecule has 18 heavy (non-hydrogen) atoms. The largest absolute Gasteiger partial charge is 0.338 e. The standard InChI is InChI=1S/C11H6BrFN4O/c12-9-10(15-5-16-11(9)18)17-8-2-1-7(13)3-6(8)4-14/h1-3,5H,(H2,15,16,17,18). The number of rotatable bonds is 2. The van der Waals surface area contributed by atoms with Gasteiger partial charge in [-0.05, 0) is 34.1 Å². The zero-order valence-corrected chi connectivity index (χ0v) is 10.5. The second-order valence-electron chi connectivity index (χ2n) is 3.32. The molecule has 0 amide bonds. The van der Waals surface area contributed by atoms with E-state index in [0.717, 1.165) is 6.07 Å². The highest BCUT2D eigenvalue weighted by Gasteiger charge is 2.09. The third-order valence-corrected chi connectivity index (χ3v) is 2.89. The third-order valence-electron chi connectivity index (χ3n) is 2.15. The summed E-state index contributed by atoms with van der Waals surface area (Å²) in [6, 6.07) is 5.58. The van der Waals surface area contributed by atoms with Crippen molar-refractivity contribution in [2.75, 3.05) is 5.32 Å². The van der Waals surface area contributed by atoms with Gasteiger partial charge in [0, 0.05) is 0 Å². The van der Waals surface area contributed by atoms with Crippen molar-refractivity contribution in [2.24, 2.45) is 0 Å². The fraction of sp³-hybridized carbons (Fsp3) is 0. The Morgan fingerprint density at radius 1 is 1.50 bits per heavy atom. The number of H-pyrrole nitrogens is 1. The first-order valence-corrected chi connectivity index (χ1v) is 5.61. The van der Waals surface area contributed by atoms with Crippen molar-refractivity contribution < 1.29 is 4.39 Å². The summed E-state index contributed by atoms with van der Waals surface area (Å²) >= 11 is 3.07. The number of nitrogens with zero attached hydrogens (tertiary/aromatic N) is 2. The molecule has 0 unspecified atom stereocenters. The summed E-state index contributed by atoms with van der Waals surface area (Å²) in [4.78, 5) is 17.6. The highest BCUT2D eigenvalue weighted by molar-refractivity contribution is 9.10. The van der Waals surface area contributed by atoms with Gasteiger partial charge in [-0.15, -0.1) is 0 Å². The van der Waals surface area contributed by atoms with Gasteiger partial charge in [0.2, 0.25) is 0 Å². The van der Waals surface area contributed by atoms with Gasteiger partial charge in [-0.3, -0.25) is 4.79 Å². The van der Waals surface area contributed by atoms with E-state index < -0.39 is 5.82 Å². The Morgan fingerprint density at radius 2 is 2.28 bits per heavy atom. The lowest BCUT2D eigenvalue weighted by atomic mass is 10.2. The van der Waals surface area contributed by atoms with Crippen LogP contribution in [0.25, 0.3) is 0 Å². The van der Waals surface area contributed by atoms with E-state index in [9.17, 15) is 9.18 Å². The summed E-state index contributed by atoms with van der Waals surface area (Å²) < 4.78 is 13.2. The van der Waals surface area contributed by atoms with Crippen LogP contribution in [-0.2, 0) is 0 Å². The third kappa shape index (κ3) is 2.38. The van der Waals surface area contributed by atoms with Gasteiger partial charge in [0.1, 0.15) is 16.4 Å². The van der Waals surface area contributed by atoms with Gasteiger partial charge in [0.25, 0.3) is 5.56 Å². The Hall–Kier alpha value is -2.20. The zero-order valence-electron chi connectivity index (χ0n) is 8.87. The van der Waals surface area contributed by atoms with Crippen molar-refractivity contribution in [1.29, 1.82) is 5.26 Å². The lowest BCUT2D eigenvalue weighted by Gasteiger charge is -2.08. The maximum Gasteiger partial charge on any atom is 0.267 e. The molecular weight excluding hydrogens is 303 g/mol. The van der Waals surface area contributed by atoms with Gasteiger partial charge in [0.15, 0.2) is 5.82 Å². The molecule has 0 atom stereocenters. The molecule has 2 N–H and O–H groups in total. The van der Waals surface area contributed by atoms with Crippen molar-refractivity contribution in [2.45, 2.75) is 0 Å². The van der Waals surface area contributed by atoms with E-state index in [1.807, 2.05) is 6.07 Å². The van der Waals surface area contributed by atoms with E-state index in [4.69, 9.17) is 5.26 Å². The Labute approximate surface area is 109 Å². The Bertz CT molecular complexity index is 692. The lowest BCUT2D eigenvalue weighted by molar-refractivity contribution is 0.627. The van der Waals surface area contributed by atoms with Crippen molar-refractivity contribution in [3.05, 3.63) is 50.7 Å². The minimum Gasteiger partial charge on any atom is -0.338 e. The fourth-order valence-corrected chi connectivity index (χ4v) is 1.63. The molecule has 0 spiro atoms. The molecular formula is C11H6BrFN4O. The second-order valence-corrected chi connectivity index (χ2v) is 4.11. The Balaban J connectivity index is 2.44. The molecule has 0 aliphatic carbocycles. The van der Waals surface area contributed by atoms with Crippen LogP contribution in [0.4, 0.5) is 15.9 Å². The zero-order chi connectivity index (χ0) is 13.1. The van der Waals surface area contributed by atoms with Crippen LogP contribution >= 0.6 is 15.9 Å². The molecule has 0 radical (unpaired) electrons. The normalized spacial score (nSPS) is 9.83. The van der Waals surface area contributed by atoms with Gasteiger partial charge in [-0.1, -0.05) is 0 Å². The number of nitriles is 1. The smallest absolute Gasteiger partial charge is 0.267 e. The Morgan fingerprint density at radius 3 is 3.00 bits per heavy atom. The van der Waals surface area contributed by atoms with Crippen LogP contribution in [0.5, 0.6) is 0 Å². The summed E-state index contributed by atoms with van der Waals surface area (Å²) in [5, 5.41) is 11.7. The van der Waals surface area contributed by atoms with Crippen LogP contribution in [0.15, 0.2) is 33.8 Å². The van der Waals surface area contributed by atoms with Crippen LogP contribution in [0, 0.1) is 17.1 Å². The average molecular weight is 309 g/mol. The number of aromatic nitrogens is 2. The second kappa shape index (κ2) is 4.98. The lowest BCUT2D eigenvalue weighted by Crippen LogP contribution is -2.10. The molecule has 0 bridgehead atoms. The van der Waals surface area contributed by atoms with Crippen LogP contribution in [0.2, 0.25) is 0 Å². The van der Waals surface area contributed by atoms with E-state index in [2.05, 4.69) is 31.2 Å². The minimum atomic E-state index is -0.505. The van der Waals surface area contributed by atoms with Gasteiger partial charge in [-0.25, -0.2) is 9.37 Å². The van der Waals surface area contributed by atoms with Crippen molar-refractivity contribution in [1.82, 2.24) is 9.97 Å². The van der Waals surface area contributed by atoms with Gasteiger partial charge < -0.3 is 10.3 Å². The molecule has 5 nitrogen and oxygen atoms in total. The first kappa shape index (κ1) is 12.3. The van der Waals surface area contributed by atoms with Crippen molar-refractivity contribution in [3.63, 3.8) is 0 Å². The highest BCUT2D eigenvalue weighted by atomic mass is 79.9. The van der Waals surface area contributed by atoms with E-state index in [1.165, 1.54) is 18.5 Å². The monoisotopic (exact) mass is 308 g/mol. The number of halogens is 2. The molecule has 90 valence electrons. The topological polar surface area (TPSA) is 81.6 Å². The number of aromatic amines is 1. The van der Waals surface area contributed by atoms with Crippen LogP contribution in [-0.4, -0.2) is 9.97 Å². The minimum absolute atomic E-state index is 0.129. The first-order chi connectivity index (χ1) is 8.61. The maximum atomic E-state index is 13.0. The van der Waals surface area contributed by atoms with Crippen LogP contribution in [0.1, 0.15) is 5.56 Å². The molecule has 0 aliphatic rings. The number of nitrogens with one attached hydrogen (secondary N) is 2. The number of anilines is 2. The quantitative estimate of drug-likeness (QED) is 0.892. The van der Waals surface area contributed by atoms with Crippen molar-refractivity contribution >= 4 is 27.4 Å². The molecule has 2 aromatic rings. The number of benzene rings is 1. The van der Waals surface area contributed by atoms with Gasteiger partial charge in [-0.2, -0.15) is 5.26 Å². The van der Waals surface area contributed by atoms with E-state index in [1.54, 1.807) is 0 Å². The summed E-state index contributed by atoms with van der Waals surface area (Å²) in [7, 11) is 0. The molecule has 1 aromatic heterocycles. The number of hydrogen-bond acceptors (Lipinski definition) is 4. The molecule has 0 saturated carbocycles. The molecule has 0 fully saturated rings. The first-order valence-electron chi connectivity index (χ1n) is 4.81. The van der Waals surface area contributed by atoms with Crippen LogP contribution in [0.3, 0.4) is 0 Å². The fourth-order valence-electron chi connectivity index (χ4n) is 1.32. The SMILES string of the molecule is N#Cc1cc(F)ccc1Nc1nc[nH]c(=O)c1Br. The summed E-state index contributed by atoms with van der Waals surface area (Å²) in [5.41, 5.74) is 0.148. The predicted molar refractivity (Wildman–Crippen MR) is 67.0 cm³/mol. The predicted octanol–water partition coefficient (Wildman–Crippen LogP) is 2.29. The maximum absolute atomic E-state index is 13.0. The average Bonchev–Trinajstić information content (AvgIpc) is 2.37. The van der Waals surface area contributed by atoms with Crippen LogP contribution < -0.4 is 10.9 Å². The molecule has 1 heterocycles. The Kier molecular flexibility index (Phi) is 3.39. The molecule has 0 aliphatic heterocycles. The highest BCUT2D eigenvalue weighted by Crippen LogP contribution is 2.23. The van der Waals surface area contributed by atoms with Crippen molar-refractivity contribution in [3.8, 4) is 6.07 Å².